The summed E-state index contributed by atoms with van der Waals surface area (Å²) in [6.45, 7) is 1.66. The highest BCUT2D eigenvalue weighted by Gasteiger charge is 2.71. The zero-order valence-corrected chi connectivity index (χ0v) is 16.8. The summed E-state index contributed by atoms with van der Waals surface area (Å²) in [5.41, 5.74) is 5.39. The van der Waals surface area contributed by atoms with Crippen LogP contribution in [0.1, 0.15) is 30.2 Å². The van der Waals surface area contributed by atoms with Crippen molar-refractivity contribution in [2.75, 3.05) is 0 Å². The molecule has 1 fully saturated rings. The van der Waals surface area contributed by atoms with E-state index in [1.165, 1.54) is 42.6 Å². The summed E-state index contributed by atoms with van der Waals surface area (Å²) in [7, 11) is 0. The lowest BCUT2D eigenvalue weighted by atomic mass is 9.85. The average Bonchev–Trinajstić information content (AvgIpc) is 3.40. The molecule has 29 heavy (non-hydrogen) atoms. The lowest BCUT2D eigenvalue weighted by Crippen LogP contribution is -2.39. The van der Waals surface area contributed by atoms with Crippen molar-refractivity contribution >= 4 is 46.4 Å². The lowest BCUT2D eigenvalue weighted by molar-refractivity contribution is -0.137. The summed E-state index contributed by atoms with van der Waals surface area (Å²) in [6, 6.07) is 7.08. The number of hydrogen-bond donors (Lipinski definition) is 2. The third-order valence-corrected chi connectivity index (χ3v) is 6.90. The molecule has 0 bridgehead atoms. The molecule has 3 atom stereocenters. The van der Waals surface area contributed by atoms with Crippen molar-refractivity contribution in [3.63, 3.8) is 0 Å². The Hall–Kier alpha value is -2.45. The number of halogens is 3. The molecule has 1 aromatic heterocycles. The van der Waals surface area contributed by atoms with E-state index in [2.05, 4.69) is 9.98 Å². The number of carboxylic acids is 1. The van der Waals surface area contributed by atoms with Crippen LogP contribution in [0.15, 0.2) is 41.5 Å². The minimum Gasteiger partial charge on any atom is -0.480 e. The Balaban J connectivity index is 1.74. The normalized spacial score (nSPS) is 28.5. The van der Waals surface area contributed by atoms with Crippen molar-refractivity contribution in [3.05, 3.63) is 64.2 Å². The van der Waals surface area contributed by atoms with E-state index in [4.69, 9.17) is 17.3 Å². The van der Waals surface area contributed by atoms with Gasteiger partial charge in [0.25, 0.3) is 0 Å². The first kappa shape index (κ1) is 19.8. The smallest absolute Gasteiger partial charge is 0.320 e. The van der Waals surface area contributed by atoms with Gasteiger partial charge in [0.05, 0.1) is 16.3 Å². The number of thioether (sulfide) groups is 1. The topological polar surface area (TPSA) is 88.6 Å². The Morgan fingerprint density at radius 1 is 1.41 bits per heavy atom. The van der Waals surface area contributed by atoms with Crippen LogP contribution in [0.5, 0.6) is 0 Å². The monoisotopic (exact) mass is 435 g/mol. The minimum atomic E-state index is -1.16. The van der Waals surface area contributed by atoms with Crippen molar-refractivity contribution < 1.29 is 18.7 Å². The average molecular weight is 436 g/mol. The second-order valence-electron chi connectivity index (χ2n) is 7.24. The molecule has 2 aliphatic rings. The molecular weight excluding hydrogens is 420 g/mol. The zero-order chi connectivity index (χ0) is 21.0. The number of carbonyl (C=O) groups is 1. The Morgan fingerprint density at radius 2 is 2.17 bits per heavy atom. The highest BCUT2D eigenvalue weighted by molar-refractivity contribution is 8.15. The van der Waals surface area contributed by atoms with Crippen LogP contribution in [0, 0.1) is 11.7 Å². The third-order valence-electron chi connectivity index (χ3n) is 5.38. The molecule has 0 amide bonds. The highest BCUT2D eigenvalue weighted by atomic mass is 35.5. The maximum atomic E-state index is 14.7. The number of benzene rings is 1. The van der Waals surface area contributed by atoms with E-state index in [1.54, 1.807) is 6.92 Å². The molecule has 1 aliphatic carbocycles. The Labute approximate surface area is 174 Å². The number of aromatic nitrogens is 1. The molecule has 2 aromatic rings. The number of pyridine rings is 1. The fourth-order valence-corrected chi connectivity index (χ4v) is 5.24. The van der Waals surface area contributed by atoms with E-state index in [9.17, 15) is 18.7 Å². The molecular formula is C20H16ClF2N3O2S. The summed E-state index contributed by atoms with van der Waals surface area (Å²) < 4.78 is 28.2. The predicted molar refractivity (Wildman–Crippen MR) is 110 cm³/mol. The van der Waals surface area contributed by atoms with E-state index < -0.39 is 33.8 Å². The van der Waals surface area contributed by atoms with E-state index in [1.807, 2.05) is 0 Å². The van der Waals surface area contributed by atoms with E-state index in [0.717, 1.165) is 11.8 Å². The number of aliphatic carboxylic acids is 1. The number of nitrogens with zero attached hydrogens (tertiary/aromatic N) is 2. The van der Waals surface area contributed by atoms with Gasteiger partial charge in [-0.1, -0.05) is 29.4 Å². The second kappa shape index (κ2) is 6.81. The highest BCUT2D eigenvalue weighted by Crippen LogP contribution is 2.66. The van der Waals surface area contributed by atoms with Crippen molar-refractivity contribution in [2.45, 2.75) is 23.6 Å². The van der Waals surface area contributed by atoms with Crippen LogP contribution in [0.2, 0.25) is 5.02 Å². The number of amidine groups is 1. The van der Waals surface area contributed by atoms with Gasteiger partial charge in [-0.3, -0.25) is 14.8 Å². The lowest BCUT2D eigenvalue weighted by Gasteiger charge is -2.33. The van der Waals surface area contributed by atoms with Crippen molar-refractivity contribution in [1.82, 2.24) is 4.98 Å². The molecule has 3 unspecified atom stereocenters. The molecule has 4 rings (SSSR count). The maximum Gasteiger partial charge on any atom is 0.320 e. The standard InChI is InChI=1S/C20H16ClF2N3O2S/c1-19(16-8-20(16,17(27)28)29-18(24)26-19)12-6-10(2-4-13(12)22)7-14(23)15-5-3-11(21)9-25-15/h2-7,9,16H,8H2,1H3,(H2,24,26)(H,27,28)/b14-7-. The Bertz CT molecular complexity index is 1080. The number of carboxylic acid groups (broad SMARTS) is 1. The summed E-state index contributed by atoms with van der Waals surface area (Å²) in [5, 5.41) is 10.1. The predicted octanol–water partition coefficient (Wildman–Crippen LogP) is 4.46. The maximum absolute atomic E-state index is 14.7. The molecule has 1 aromatic carbocycles. The van der Waals surface area contributed by atoms with Crippen LogP contribution < -0.4 is 5.73 Å². The molecule has 1 aliphatic heterocycles. The molecule has 0 saturated heterocycles. The second-order valence-corrected chi connectivity index (χ2v) is 9.03. The van der Waals surface area contributed by atoms with Gasteiger partial charge in [-0.05, 0) is 49.2 Å². The summed E-state index contributed by atoms with van der Waals surface area (Å²) in [4.78, 5) is 20.1. The van der Waals surface area contributed by atoms with Gasteiger partial charge in [0, 0.05) is 17.7 Å². The molecule has 0 spiro atoms. The van der Waals surface area contributed by atoms with Gasteiger partial charge in [0.2, 0.25) is 0 Å². The molecule has 9 heteroatoms. The Morgan fingerprint density at radius 3 is 2.83 bits per heavy atom. The van der Waals surface area contributed by atoms with Crippen molar-refractivity contribution in [2.24, 2.45) is 16.6 Å². The largest absolute Gasteiger partial charge is 0.480 e. The van der Waals surface area contributed by atoms with Crippen molar-refractivity contribution in [3.8, 4) is 0 Å². The number of nitrogens with two attached hydrogens (primary N) is 1. The van der Waals surface area contributed by atoms with Crippen LogP contribution in [0.3, 0.4) is 0 Å². The van der Waals surface area contributed by atoms with Crippen molar-refractivity contribution in [1.29, 1.82) is 0 Å². The molecule has 5 nitrogen and oxygen atoms in total. The molecule has 150 valence electrons. The first-order chi connectivity index (χ1) is 13.7. The number of aliphatic imine (C=N–C) groups is 1. The summed E-state index contributed by atoms with van der Waals surface area (Å²) >= 11 is 6.77. The SMILES string of the molecule is CC1(c2cc(/C=C(\F)c3ccc(Cl)cn3)ccc2F)N=C(N)SC2(C(=O)O)CC21. The van der Waals surface area contributed by atoms with Crippen LogP contribution in [0.25, 0.3) is 11.9 Å². The van der Waals surface area contributed by atoms with Gasteiger partial charge < -0.3 is 10.8 Å². The summed E-state index contributed by atoms with van der Waals surface area (Å²) in [5.74, 6) is -2.57. The first-order valence-corrected chi connectivity index (χ1v) is 9.92. The zero-order valence-electron chi connectivity index (χ0n) is 15.2. The van der Waals surface area contributed by atoms with Crippen LogP contribution in [-0.4, -0.2) is 26.0 Å². The van der Waals surface area contributed by atoms with E-state index >= 15 is 0 Å². The van der Waals surface area contributed by atoms with Gasteiger partial charge in [-0.15, -0.1) is 0 Å². The fourth-order valence-electron chi connectivity index (χ4n) is 3.81. The summed E-state index contributed by atoms with van der Waals surface area (Å²) in [6.07, 6.45) is 2.89. The quantitative estimate of drug-likeness (QED) is 0.740. The van der Waals surface area contributed by atoms with Crippen LogP contribution in [0.4, 0.5) is 8.78 Å². The molecule has 3 N–H and O–H groups in total. The fraction of sp³-hybridized carbons (Fsp3) is 0.250. The van der Waals surface area contributed by atoms with Gasteiger partial charge >= 0.3 is 5.97 Å². The van der Waals surface area contributed by atoms with Crippen LogP contribution in [-0.2, 0) is 10.3 Å². The van der Waals surface area contributed by atoms with E-state index in [-0.39, 0.29) is 16.4 Å². The molecule has 0 radical (unpaired) electrons. The van der Waals surface area contributed by atoms with Crippen LogP contribution >= 0.6 is 23.4 Å². The van der Waals surface area contributed by atoms with Gasteiger partial charge in [0.1, 0.15) is 16.4 Å². The third kappa shape index (κ3) is 3.30. The first-order valence-electron chi connectivity index (χ1n) is 8.72. The number of hydrogen-bond acceptors (Lipinski definition) is 5. The molecule has 2 heterocycles. The molecule has 1 saturated carbocycles. The van der Waals surface area contributed by atoms with Gasteiger partial charge in [-0.25, -0.2) is 8.78 Å². The Kier molecular flexibility index (Phi) is 4.66. The van der Waals surface area contributed by atoms with Gasteiger partial charge in [0.15, 0.2) is 5.17 Å². The minimum absolute atomic E-state index is 0.0925. The number of fused-ring (bicyclic) bond motifs is 1. The van der Waals surface area contributed by atoms with Gasteiger partial charge in [-0.2, -0.15) is 0 Å². The number of rotatable bonds is 4. The van der Waals surface area contributed by atoms with E-state index in [0.29, 0.717) is 17.0 Å².